The predicted octanol–water partition coefficient (Wildman–Crippen LogP) is 1.47. The maximum absolute atomic E-state index is 12.5. The minimum Gasteiger partial charge on any atom is -0.274 e. The molecule has 0 bridgehead atoms. The number of benzene rings is 1. The number of hydrogen-bond acceptors (Lipinski definition) is 5. The number of hydrogen-bond donors (Lipinski definition) is 1. The van der Waals surface area contributed by atoms with E-state index in [0.29, 0.717) is 5.56 Å². The first-order valence-electron chi connectivity index (χ1n) is 7.19. The van der Waals surface area contributed by atoms with Gasteiger partial charge in [0.05, 0.1) is 17.6 Å². The van der Waals surface area contributed by atoms with E-state index in [-0.39, 0.29) is 23.3 Å². The fourth-order valence-corrected chi connectivity index (χ4v) is 3.58. The van der Waals surface area contributed by atoms with Gasteiger partial charge in [-0.1, -0.05) is 44.2 Å². The van der Waals surface area contributed by atoms with Crippen LogP contribution in [0.25, 0.3) is 0 Å². The Balaban J connectivity index is 2.14. The quantitative estimate of drug-likeness (QED) is 0.892. The van der Waals surface area contributed by atoms with Gasteiger partial charge in [-0.15, -0.1) is 5.10 Å². The summed E-state index contributed by atoms with van der Waals surface area (Å²) in [6.45, 7) is 6.04. The predicted molar refractivity (Wildman–Crippen MR) is 85.1 cm³/mol. The summed E-state index contributed by atoms with van der Waals surface area (Å²) in [4.78, 5) is 12.1. The van der Waals surface area contributed by atoms with Gasteiger partial charge in [-0.2, -0.15) is 0 Å². The van der Waals surface area contributed by atoms with E-state index >= 15 is 0 Å². The molecular formula is C15H20N4O3S. The van der Waals surface area contributed by atoms with Crippen molar-refractivity contribution in [3.8, 4) is 0 Å². The zero-order valence-corrected chi connectivity index (χ0v) is 14.2. The highest BCUT2D eigenvalue weighted by molar-refractivity contribution is 7.90. The lowest BCUT2D eigenvalue weighted by Gasteiger charge is -2.22. The number of carbonyl (C=O) groups is 1. The van der Waals surface area contributed by atoms with Crippen molar-refractivity contribution in [2.75, 3.05) is 0 Å². The van der Waals surface area contributed by atoms with Crippen LogP contribution >= 0.6 is 0 Å². The van der Waals surface area contributed by atoms with Gasteiger partial charge in [-0.25, -0.2) is 13.1 Å². The molecule has 0 saturated heterocycles. The summed E-state index contributed by atoms with van der Waals surface area (Å²) in [5.74, 6) is -0.579. The lowest BCUT2D eigenvalue weighted by molar-refractivity contribution is -0.119. The molecule has 1 aromatic carbocycles. The molecule has 0 unspecified atom stereocenters. The summed E-state index contributed by atoms with van der Waals surface area (Å²) >= 11 is 0. The van der Waals surface area contributed by atoms with E-state index in [9.17, 15) is 13.2 Å². The molecule has 7 nitrogen and oxygen atoms in total. The van der Waals surface area contributed by atoms with Crippen molar-refractivity contribution in [1.82, 2.24) is 19.7 Å². The van der Waals surface area contributed by atoms with Gasteiger partial charge in [0.15, 0.2) is 0 Å². The van der Waals surface area contributed by atoms with E-state index in [1.165, 1.54) is 16.9 Å². The van der Waals surface area contributed by atoms with E-state index < -0.39 is 15.9 Å². The topological polar surface area (TPSA) is 94.0 Å². The van der Waals surface area contributed by atoms with Crippen molar-refractivity contribution in [1.29, 1.82) is 0 Å². The highest BCUT2D eigenvalue weighted by atomic mass is 32.2. The molecular weight excluding hydrogens is 316 g/mol. The lowest BCUT2D eigenvalue weighted by Crippen LogP contribution is -2.33. The lowest BCUT2D eigenvalue weighted by atomic mass is 9.87. The minimum absolute atomic E-state index is 0.000273. The number of carbonyl (C=O) groups excluding carboxylic acids is 1. The molecule has 23 heavy (non-hydrogen) atoms. The molecule has 124 valence electrons. The van der Waals surface area contributed by atoms with Crippen LogP contribution in [0.1, 0.15) is 32.8 Å². The number of nitrogens with zero attached hydrogens (tertiary/aromatic N) is 3. The number of amides is 1. The Bertz CT molecular complexity index is 777. The van der Waals surface area contributed by atoms with Gasteiger partial charge < -0.3 is 0 Å². The maximum atomic E-state index is 12.5. The summed E-state index contributed by atoms with van der Waals surface area (Å²) < 4.78 is 28.6. The van der Waals surface area contributed by atoms with Crippen molar-refractivity contribution >= 4 is 15.9 Å². The van der Waals surface area contributed by atoms with Crippen LogP contribution in [-0.4, -0.2) is 29.3 Å². The molecule has 1 aromatic heterocycles. The second kappa shape index (κ2) is 6.49. The van der Waals surface area contributed by atoms with Crippen LogP contribution in [0, 0.1) is 0 Å². The first-order chi connectivity index (χ1) is 10.7. The summed E-state index contributed by atoms with van der Waals surface area (Å²) in [6.07, 6.45) is 3.10. The molecule has 0 aliphatic carbocycles. The summed E-state index contributed by atoms with van der Waals surface area (Å²) in [5.41, 5.74) is 0.311. The molecule has 0 aliphatic heterocycles. The summed E-state index contributed by atoms with van der Waals surface area (Å²) in [5, 5.41) is 7.35. The van der Waals surface area contributed by atoms with E-state index in [4.69, 9.17) is 0 Å². The van der Waals surface area contributed by atoms with Crippen molar-refractivity contribution < 1.29 is 13.2 Å². The average Bonchev–Trinajstić information content (AvgIpc) is 2.97. The molecule has 2 rings (SSSR count). The first-order valence-corrected chi connectivity index (χ1v) is 8.68. The summed E-state index contributed by atoms with van der Waals surface area (Å²) in [6, 6.07) is 6.69. The molecule has 8 heteroatoms. The van der Waals surface area contributed by atoms with E-state index in [0.717, 1.165) is 0 Å². The highest BCUT2D eigenvalue weighted by Crippen LogP contribution is 2.28. The molecule has 1 N–H and O–H groups in total. The second-order valence-corrected chi connectivity index (χ2v) is 7.84. The molecule has 0 fully saturated rings. The van der Waals surface area contributed by atoms with E-state index in [1.807, 2.05) is 20.8 Å². The highest BCUT2D eigenvalue weighted by Gasteiger charge is 2.26. The second-order valence-electron chi connectivity index (χ2n) is 6.19. The van der Waals surface area contributed by atoms with Gasteiger partial charge in [0, 0.05) is 12.6 Å². The zero-order valence-electron chi connectivity index (χ0n) is 13.4. The Morgan fingerprint density at radius 1 is 1.26 bits per heavy atom. The zero-order chi connectivity index (χ0) is 17.1. The summed E-state index contributed by atoms with van der Waals surface area (Å²) in [7, 11) is -3.91. The van der Waals surface area contributed by atoms with Gasteiger partial charge in [0.25, 0.3) is 10.0 Å². The number of nitrogens with one attached hydrogen (secondary N) is 1. The standard InChI is InChI=1S/C15H20N4O3S/c1-15(2,3)12-6-4-5-7-13(12)23(21,22)17-14(20)8-10-19-11-9-16-18-19/h4-7,9,11H,8,10H2,1-3H3,(H,17,20). The number of rotatable bonds is 5. The largest absolute Gasteiger partial charge is 0.274 e. The average molecular weight is 336 g/mol. The van der Waals surface area contributed by atoms with Crippen LogP contribution in [0.2, 0.25) is 0 Å². The van der Waals surface area contributed by atoms with Crippen molar-refractivity contribution in [3.63, 3.8) is 0 Å². The van der Waals surface area contributed by atoms with Crippen LogP contribution in [-0.2, 0) is 26.8 Å². The number of aryl methyl sites for hydroxylation is 1. The van der Waals surface area contributed by atoms with E-state index in [1.54, 1.807) is 24.4 Å². The maximum Gasteiger partial charge on any atom is 0.264 e. The monoisotopic (exact) mass is 336 g/mol. The van der Waals surface area contributed by atoms with E-state index in [2.05, 4.69) is 15.0 Å². The van der Waals surface area contributed by atoms with Gasteiger partial charge in [0.1, 0.15) is 0 Å². The van der Waals surface area contributed by atoms with Crippen LogP contribution < -0.4 is 4.72 Å². The molecule has 0 radical (unpaired) electrons. The van der Waals surface area contributed by atoms with Crippen LogP contribution in [0.15, 0.2) is 41.6 Å². The third kappa shape index (κ3) is 4.38. The molecule has 1 heterocycles. The molecule has 0 saturated carbocycles. The van der Waals surface area contributed by atoms with Crippen molar-refractivity contribution in [2.45, 2.75) is 44.0 Å². The smallest absolute Gasteiger partial charge is 0.264 e. The molecule has 0 aliphatic rings. The third-order valence-electron chi connectivity index (χ3n) is 3.27. The number of aromatic nitrogens is 3. The van der Waals surface area contributed by atoms with Gasteiger partial charge in [-0.05, 0) is 17.0 Å². The fraction of sp³-hybridized carbons (Fsp3) is 0.400. The van der Waals surface area contributed by atoms with Crippen LogP contribution in [0.4, 0.5) is 0 Å². The van der Waals surface area contributed by atoms with Crippen LogP contribution in [0.5, 0.6) is 0 Å². The SMILES string of the molecule is CC(C)(C)c1ccccc1S(=O)(=O)NC(=O)CCn1ccnn1. The fourth-order valence-electron chi connectivity index (χ4n) is 2.14. The Morgan fingerprint density at radius 2 is 1.96 bits per heavy atom. The third-order valence-corrected chi connectivity index (χ3v) is 4.70. The Hall–Kier alpha value is -2.22. The molecule has 2 aromatic rings. The molecule has 0 atom stereocenters. The van der Waals surface area contributed by atoms with Crippen molar-refractivity contribution in [3.05, 3.63) is 42.2 Å². The first kappa shape index (κ1) is 17.1. The van der Waals surface area contributed by atoms with Crippen LogP contribution in [0.3, 0.4) is 0 Å². The Labute approximate surface area is 135 Å². The number of sulfonamides is 1. The molecule has 0 spiro atoms. The van der Waals surface area contributed by atoms with Crippen molar-refractivity contribution in [2.24, 2.45) is 0 Å². The Kier molecular flexibility index (Phi) is 4.84. The Morgan fingerprint density at radius 3 is 2.57 bits per heavy atom. The molecule has 1 amide bonds. The minimum atomic E-state index is -3.91. The normalized spacial score (nSPS) is 12.1. The van der Waals surface area contributed by atoms with Gasteiger partial charge in [0.2, 0.25) is 5.91 Å². The van der Waals surface area contributed by atoms with Gasteiger partial charge in [-0.3, -0.25) is 9.48 Å². The van der Waals surface area contributed by atoms with Gasteiger partial charge >= 0.3 is 0 Å².